The Labute approximate surface area is 85.5 Å². The van der Waals surface area contributed by atoms with Crippen LogP contribution in [-0.4, -0.2) is 29.7 Å². The van der Waals surface area contributed by atoms with Crippen molar-refractivity contribution in [3.8, 4) is 0 Å². The molecule has 0 unspecified atom stereocenters. The van der Waals surface area contributed by atoms with Crippen molar-refractivity contribution in [2.24, 2.45) is 5.92 Å². The molecule has 0 bridgehead atoms. The molecular formula is C11H19NO2. The molecular weight excluding hydrogens is 178 g/mol. The highest BCUT2D eigenvalue weighted by atomic mass is 16.2. The van der Waals surface area contributed by atoms with E-state index in [-0.39, 0.29) is 11.7 Å². The number of piperidine rings is 1. The molecule has 0 aromatic heterocycles. The van der Waals surface area contributed by atoms with Gasteiger partial charge in [0, 0.05) is 32.4 Å². The quantitative estimate of drug-likeness (QED) is 0.689. The van der Waals surface area contributed by atoms with Gasteiger partial charge in [-0.2, -0.15) is 0 Å². The van der Waals surface area contributed by atoms with Crippen molar-refractivity contribution < 1.29 is 9.59 Å². The van der Waals surface area contributed by atoms with E-state index >= 15 is 0 Å². The number of carbonyl (C=O) groups excluding carboxylic acids is 2. The van der Waals surface area contributed by atoms with Gasteiger partial charge in [-0.15, -0.1) is 0 Å². The Balaban J connectivity index is 2.27. The predicted molar refractivity (Wildman–Crippen MR) is 54.9 cm³/mol. The van der Waals surface area contributed by atoms with Gasteiger partial charge in [-0.05, 0) is 12.3 Å². The molecule has 1 amide bonds. The van der Waals surface area contributed by atoms with Gasteiger partial charge >= 0.3 is 0 Å². The van der Waals surface area contributed by atoms with Crippen molar-refractivity contribution in [1.29, 1.82) is 0 Å². The third-order valence-corrected chi connectivity index (χ3v) is 2.61. The Hall–Kier alpha value is -0.860. The molecule has 0 saturated carbocycles. The molecule has 0 aliphatic carbocycles. The number of amides is 1. The highest BCUT2D eigenvalue weighted by molar-refractivity contribution is 5.83. The minimum absolute atomic E-state index is 0.214. The first kappa shape index (κ1) is 11.2. The standard InChI is InChI=1S/C11H19NO2/c1-9(2)3-4-11(14)12-7-5-10(13)6-8-12/h9H,3-8H2,1-2H3. The van der Waals surface area contributed by atoms with Crippen LogP contribution in [0.5, 0.6) is 0 Å². The van der Waals surface area contributed by atoms with Gasteiger partial charge in [0.15, 0.2) is 0 Å². The van der Waals surface area contributed by atoms with Crippen LogP contribution in [0.3, 0.4) is 0 Å². The van der Waals surface area contributed by atoms with Crippen LogP contribution in [0.15, 0.2) is 0 Å². The minimum Gasteiger partial charge on any atom is -0.342 e. The van der Waals surface area contributed by atoms with Crippen LogP contribution >= 0.6 is 0 Å². The summed E-state index contributed by atoms with van der Waals surface area (Å²) in [5.74, 6) is 1.08. The Bertz CT molecular complexity index is 213. The maximum atomic E-state index is 11.6. The Morgan fingerprint density at radius 2 is 1.93 bits per heavy atom. The smallest absolute Gasteiger partial charge is 0.222 e. The first-order chi connectivity index (χ1) is 6.59. The monoisotopic (exact) mass is 197 g/mol. The Kier molecular flexibility index (Phi) is 4.11. The molecule has 3 heteroatoms. The van der Waals surface area contributed by atoms with Gasteiger partial charge in [0.1, 0.15) is 5.78 Å². The number of Topliss-reactive ketones (excluding diaryl/α,β-unsaturated/α-hetero) is 1. The molecule has 14 heavy (non-hydrogen) atoms. The second kappa shape index (κ2) is 5.13. The molecule has 1 heterocycles. The molecule has 0 radical (unpaired) electrons. The summed E-state index contributed by atoms with van der Waals surface area (Å²) in [4.78, 5) is 24.4. The van der Waals surface area contributed by atoms with E-state index in [4.69, 9.17) is 0 Å². The lowest BCUT2D eigenvalue weighted by atomic mass is 10.1. The first-order valence-electron chi connectivity index (χ1n) is 5.39. The van der Waals surface area contributed by atoms with E-state index in [1.807, 2.05) is 4.90 Å². The van der Waals surface area contributed by atoms with Gasteiger partial charge in [-0.3, -0.25) is 9.59 Å². The largest absolute Gasteiger partial charge is 0.342 e. The van der Waals surface area contributed by atoms with Gasteiger partial charge < -0.3 is 4.90 Å². The van der Waals surface area contributed by atoms with Gasteiger partial charge in [-0.25, -0.2) is 0 Å². The topological polar surface area (TPSA) is 37.4 Å². The van der Waals surface area contributed by atoms with Gasteiger partial charge in [0.05, 0.1) is 0 Å². The molecule has 0 aromatic carbocycles. The first-order valence-corrected chi connectivity index (χ1v) is 5.39. The Morgan fingerprint density at radius 3 is 2.43 bits per heavy atom. The zero-order valence-electron chi connectivity index (χ0n) is 9.08. The maximum absolute atomic E-state index is 11.6. The normalized spacial score (nSPS) is 17.6. The van der Waals surface area contributed by atoms with Crippen molar-refractivity contribution >= 4 is 11.7 Å². The summed E-state index contributed by atoms with van der Waals surface area (Å²) in [6.07, 6.45) is 2.68. The van der Waals surface area contributed by atoms with Crippen LogP contribution in [0, 0.1) is 5.92 Å². The SMILES string of the molecule is CC(C)CCC(=O)N1CCC(=O)CC1. The predicted octanol–water partition coefficient (Wildman–Crippen LogP) is 1.61. The fourth-order valence-corrected chi connectivity index (χ4v) is 1.58. The molecule has 0 atom stereocenters. The molecule has 1 aliphatic heterocycles. The van der Waals surface area contributed by atoms with Crippen molar-refractivity contribution in [2.75, 3.05) is 13.1 Å². The van der Waals surface area contributed by atoms with Crippen LogP contribution in [0.2, 0.25) is 0 Å². The molecule has 1 saturated heterocycles. The van der Waals surface area contributed by atoms with E-state index in [0.717, 1.165) is 6.42 Å². The second-order valence-corrected chi connectivity index (χ2v) is 4.35. The van der Waals surface area contributed by atoms with E-state index in [0.29, 0.717) is 38.3 Å². The van der Waals surface area contributed by atoms with Crippen LogP contribution < -0.4 is 0 Å². The van der Waals surface area contributed by atoms with Crippen molar-refractivity contribution in [2.45, 2.75) is 39.5 Å². The number of rotatable bonds is 3. The number of carbonyl (C=O) groups is 2. The summed E-state index contributed by atoms with van der Waals surface area (Å²) in [5.41, 5.74) is 0. The maximum Gasteiger partial charge on any atom is 0.222 e. The van der Waals surface area contributed by atoms with E-state index in [1.165, 1.54) is 0 Å². The van der Waals surface area contributed by atoms with E-state index in [1.54, 1.807) is 0 Å². The van der Waals surface area contributed by atoms with Gasteiger partial charge in [0.25, 0.3) is 0 Å². The van der Waals surface area contributed by atoms with Crippen LogP contribution in [-0.2, 0) is 9.59 Å². The van der Waals surface area contributed by atoms with Crippen LogP contribution in [0.4, 0.5) is 0 Å². The third-order valence-electron chi connectivity index (χ3n) is 2.61. The third kappa shape index (κ3) is 3.48. The molecule has 3 nitrogen and oxygen atoms in total. The zero-order valence-corrected chi connectivity index (χ0v) is 9.08. The average molecular weight is 197 g/mol. The van der Waals surface area contributed by atoms with Crippen molar-refractivity contribution in [1.82, 2.24) is 4.90 Å². The second-order valence-electron chi connectivity index (χ2n) is 4.35. The molecule has 0 N–H and O–H groups in total. The average Bonchev–Trinajstić information content (AvgIpc) is 2.15. The lowest BCUT2D eigenvalue weighted by Crippen LogP contribution is -2.38. The van der Waals surface area contributed by atoms with Gasteiger partial charge in [-0.1, -0.05) is 13.8 Å². The summed E-state index contributed by atoms with van der Waals surface area (Å²) < 4.78 is 0. The number of likely N-dealkylation sites (tertiary alicyclic amines) is 1. The van der Waals surface area contributed by atoms with E-state index < -0.39 is 0 Å². The fourth-order valence-electron chi connectivity index (χ4n) is 1.58. The van der Waals surface area contributed by atoms with Crippen LogP contribution in [0.25, 0.3) is 0 Å². The van der Waals surface area contributed by atoms with E-state index in [9.17, 15) is 9.59 Å². The van der Waals surface area contributed by atoms with Crippen molar-refractivity contribution in [3.05, 3.63) is 0 Å². The Morgan fingerprint density at radius 1 is 1.36 bits per heavy atom. The summed E-state index contributed by atoms with van der Waals surface area (Å²) in [6.45, 7) is 5.51. The molecule has 80 valence electrons. The lowest BCUT2D eigenvalue weighted by Gasteiger charge is -2.26. The molecule has 1 aliphatic rings. The van der Waals surface area contributed by atoms with Gasteiger partial charge in [0.2, 0.25) is 5.91 Å². The molecule has 1 rings (SSSR count). The molecule has 0 aromatic rings. The lowest BCUT2D eigenvalue weighted by molar-refractivity contribution is -0.134. The summed E-state index contributed by atoms with van der Waals surface area (Å²) in [5, 5.41) is 0. The highest BCUT2D eigenvalue weighted by Crippen LogP contribution is 2.10. The number of nitrogens with zero attached hydrogens (tertiary/aromatic N) is 1. The number of ketones is 1. The summed E-state index contributed by atoms with van der Waals surface area (Å²) in [6, 6.07) is 0. The van der Waals surface area contributed by atoms with Crippen LogP contribution in [0.1, 0.15) is 39.5 Å². The highest BCUT2D eigenvalue weighted by Gasteiger charge is 2.20. The number of hydrogen-bond donors (Lipinski definition) is 0. The molecule has 0 spiro atoms. The zero-order chi connectivity index (χ0) is 10.6. The summed E-state index contributed by atoms with van der Waals surface area (Å²) >= 11 is 0. The van der Waals surface area contributed by atoms with E-state index in [2.05, 4.69) is 13.8 Å². The summed E-state index contributed by atoms with van der Waals surface area (Å²) in [7, 11) is 0. The number of hydrogen-bond acceptors (Lipinski definition) is 2. The molecule has 1 fully saturated rings. The minimum atomic E-state index is 0.214. The van der Waals surface area contributed by atoms with Crippen molar-refractivity contribution in [3.63, 3.8) is 0 Å². The fraction of sp³-hybridized carbons (Fsp3) is 0.818.